The number of likely N-dealkylation sites (tertiary alicyclic amines) is 1. The molecule has 0 aromatic heterocycles. The van der Waals surface area contributed by atoms with Crippen molar-refractivity contribution < 1.29 is 9.59 Å². The quantitative estimate of drug-likeness (QED) is 0.843. The fourth-order valence-electron chi connectivity index (χ4n) is 3.19. The number of carbonyl (C=O) groups is 2. The maximum absolute atomic E-state index is 12.4. The molecule has 1 unspecified atom stereocenters. The van der Waals surface area contributed by atoms with Crippen LogP contribution in [0.25, 0.3) is 0 Å². The molecular weight excluding hydrogens is 290 g/mol. The van der Waals surface area contributed by atoms with Crippen molar-refractivity contribution in [2.24, 2.45) is 5.92 Å². The number of nitrogens with zero attached hydrogens (tertiary/aromatic N) is 2. The zero-order valence-corrected chi connectivity index (χ0v) is 13.4. The van der Waals surface area contributed by atoms with Crippen molar-refractivity contribution in [1.29, 1.82) is 0 Å². The number of amides is 2. The largest absolute Gasteiger partial charge is 0.343 e. The van der Waals surface area contributed by atoms with Gasteiger partial charge in [0, 0.05) is 32.7 Å². The summed E-state index contributed by atoms with van der Waals surface area (Å²) < 4.78 is 0. The average Bonchev–Trinajstić information content (AvgIpc) is 3.28. The van der Waals surface area contributed by atoms with Gasteiger partial charge in [-0.3, -0.25) is 9.59 Å². The Bertz CT molecular complexity index is 381. The Hall–Kier alpha value is -0.810. The van der Waals surface area contributed by atoms with Gasteiger partial charge in [0.25, 0.3) is 0 Å². The summed E-state index contributed by atoms with van der Waals surface area (Å²) in [6.07, 6.45) is 6.28. The Labute approximate surface area is 132 Å². The lowest BCUT2D eigenvalue weighted by molar-refractivity contribution is -0.141. The number of nitrogens with one attached hydrogen (secondary N) is 1. The van der Waals surface area contributed by atoms with Crippen LogP contribution in [0, 0.1) is 5.92 Å². The predicted molar refractivity (Wildman–Crippen MR) is 83.4 cm³/mol. The average molecular weight is 316 g/mol. The Morgan fingerprint density at radius 3 is 2.52 bits per heavy atom. The standard InChI is InChI=1S/C15H25N3O2.ClH/c19-14(17-7-2-1-3-8-17)10-13-15(20)18(9-6-16-13)11-12-4-5-12;/h12-13,16H,1-11H2;1H. The molecule has 1 aliphatic carbocycles. The summed E-state index contributed by atoms with van der Waals surface area (Å²) in [5, 5.41) is 3.22. The van der Waals surface area contributed by atoms with E-state index < -0.39 is 0 Å². The first kappa shape index (κ1) is 16.6. The minimum Gasteiger partial charge on any atom is -0.343 e. The van der Waals surface area contributed by atoms with Crippen molar-refractivity contribution in [2.75, 3.05) is 32.7 Å². The van der Waals surface area contributed by atoms with Gasteiger partial charge >= 0.3 is 0 Å². The van der Waals surface area contributed by atoms with Crippen LogP contribution in [0.15, 0.2) is 0 Å². The first-order valence-corrected chi connectivity index (χ1v) is 8.04. The van der Waals surface area contributed by atoms with Gasteiger partial charge in [-0.25, -0.2) is 0 Å². The monoisotopic (exact) mass is 315 g/mol. The van der Waals surface area contributed by atoms with E-state index in [-0.39, 0.29) is 30.3 Å². The molecule has 1 saturated carbocycles. The molecule has 0 aromatic carbocycles. The SMILES string of the molecule is Cl.O=C(CC1NCCN(CC2CC2)C1=O)N1CCCCC1. The van der Waals surface area contributed by atoms with E-state index in [4.69, 9.17) is 0 Å². The Kier molecular flexibility index (Phi) is 5.88. The van der Waals surface area contributed by atoms with Crippen LogP contribution in [0.2, 0.25) is 0 Å². The second kappa shape index (κ2) is 7.45. The second-order valence-corrected chi connectivity index (χ2v) is 6.38. The molecule has 2 aliphatic heterocycles. The van der Waals surface area contributed by atoms with Crippen molar-refractivity contribution in [3.05, 3.63) is 0 Å². The van der Waals surface area contributed by atoms with Crippen molar-refractivity contribution in [1.82, 2.24) is 15.1 Å². The van der Waals surface area contributed by atoms with Gasteiger partial charge in [0.05, 0.1) is 12.5 Å². The topological polar surface area (TPSA) is 52.7 Å². The number of piperazine rings is 1. The molecule has 3 rings (SSSR count). The first-order valence-electron chi connectivity index (χ1n) is 8.04. The molecule has 120 valence electrons. The number of rotatable bonds is 4. The summed E-state index contributed by atoms with van der Waals surface area (Å²) in [6, 6.07) is -0.295. The highest BCUT2D eigenvalue weighted by molar-refractivity contribution is 5.89. The molecule has 0 bridgehead atoms. The van der Waals surface area contributed by atoms with Gasteiger partial charge in [-0.1, -0.05) is 0 Å². The lowest BCUT2D eigenvalue weighted by Crippen LogP contribution is -2.57. The Morgan fingerprint density at radius 1 is 1.14 bits per heavy atom. The van der Waals surface area contributed by atoms with Gasteiger partial charge in [0.2, 0.25) is 11.8 Å². The number of hydrogen-bond donors (Lipinski definition) is 1. The van der Waals surface area contributed by atoms with Gasteiger partial charge in [0.1, 0.15) is 0 Å². The summed E-state index contributed by atoms with van der Waals surface area (Å²) in [5.41, 5.74) is 0. The summed E-state index contributed by atoms with van der Waals surface area (Å²) in [5.74, 6) is 0.993. The van der Waals surface area contributed by atoms with E-state index in [0.717, 1.165) is 51.5 Å². The number of halogens is 1. The third-order valence-corrected chi connectivity index (χ3v) is 4.65. The molecular formula is C15H26ClN3O2. The highest BCUT2D eigenvalue weighted by atomic mass is 35.5. The highest BCUT2D eigenvalue weighted by Crippen LogP contribution is 2.30. The van der Waals surface area contributed by atoms with Crippen LogP contribution in [-0.4, -0.2) is 60.4 Å². The molecule has 2 amide bonds. The van der Waals surface area contributed by atoms with Gasteiger partial charge in [-0.2, -0.15) is 0 Å². The van der Waals surface area contributed by atoms with Crippen LogP contribution >= 0.6 is 12.4 Å². The van der Waals surface area contributed by atoms with Crippen molar-refractivity contribution >= 4 is 24.2 Å². The molecule has 21 heavy (non-hydrogen) atoms. The van der Waals surface area contributed by atoms with E-state index >= 15 is 0 Å². The fourth-order valence-corrected chi connectivity index (χ4v) is 3.19. The number of hydrogen-bond acceptors (Lipinski definition) is 3. The minimum absolute atomic E-state index is 0. The fraction of sp³-hybridized carbons (Fsp3) is 0.867. The van der Waals surface area contributed by atoms with Gasteiger partial charge in [0.15, 0.2) is 0 Å². The molecule has 0 spiro atoms. The van der Waals surface area contributed by atoms with E-state index in [1.165, 1.54) is 19.3 Å². The molecule has 0 radical (unpaired) electrons. The van der Waals surface area contributed by atoms with E-state index in [0.29, 0.717) is 6.42 Å². The maximum Gasteiger partial charge on any atom is 0.240 e. The van der Waals surface area contributed by atoms with Gasteiger partial charge in [-0.15, -0.1) is 12.4 Å². The van der Waals surface area contributed by atoms with Crippen molar-refractivity contribution in [2.45, 2.75) is 44.6 Å². The first-order chi connectivity index (χ1) is 9.74. The Balaban J connectivity index is 0.00000161. The molecule has 2 heterocycles. The maximum atomic E-state index is 12.4. The lowest BCUT2D eigenvalue weighted by Gasteiger charge is -2.34. The van der Waals surface area contributed by atoms with Crippen LogP contribution in [0.3, 0.4) is 0 Å². The van der Waals surface area contributed by atoms with Gasteiger partial charge in [-0.05, 0) is 38.0 Å². The highest BCUT2D eigenvalue weighted by Gasteiger charge is 2.34. The summed E-state index contributed by atoms with van der Waals surface area (Å²) in [6.45, 7) is 4.24. The molecule has 3 aliphatic rings. The van der Waals surface area contributed by atoms with Crippen molar-refractivity contribution in [3.63, 3.8) is 0 Å². The van der Waals surface area contributed by atoms with Gasteiger partial charge < -0.3 is 15.1 Å². The zero-order chi connectivity index (χ0) is 13.9. The van der Waals surface area contributed by atoms with Crippen LogP contribution in [0.1, 0.15) is 38.5 Å². The molecule has 0 aromatic rings. The molecule has 5 nitrogen and oxygen atoms in total. The second-order valence-electron chi connectivity index (χ2n) is 6.38. The van der Waals surface area contributed by atoms with E-state index in [9.17, 15) is 9.59 Å². The third-order valence-electron chi connectivity index (χ3n) is 4.65. The molecule has 3 fully saturated rings. The summed E-state index contributed by atoms with van der Waals surface area (Å²) >= 11 is 0. The normalized spacial score (nSPS) is 26.5. The van der Waals surface area contributed by atoms with Crippen LogP contribution in [-0.2, 0) is 9.59 Å². The molecule has 1 N–H and O–H groups in total. The van der Waals surface area contributed by atoms with Crippen molar-refractivity contribution in [3.8, 4) is 0 Å². The van der Waals surface area contributed by atoms with E-state index in [1.54, 1.807) is 0 Å². The summed E-state index contributed by atoms with van der Waals surface area (Å²) in [7, 11) is 0. The smallest absolute Gasteiger partial charge is 0.240 e. The van der Waals surface area contributed by atoms with Crippen LogP contribution in [0.5, 0.6) is 0 Å². The molecule has 6 heteroatoms. The summed E-state index contributed by atoms with van der Waals surface area (Å²) in [4.78, 5) is 28.6. The van der Waals surface area contributed by atoms with Crippen LogP contribution in [0.4, 0.5) is 0 Å². The number of carbonyl (C=O) groups excluding carboxylic acids is 2. The zero-order valence-electron chi connectivity index (χ0n) is 12.6. The minimum atomic E-state index is -0.295. The molecule has 2 saturated heterocycles. The van der Waals surface area contributed by atoms with E-state index in [1.807, 2.05) is 9.80 Å². The lowest BCUT2D eigenvalue weighted by atomic mass is 10.1. The number of piperidine rings is 1. The third kappa shape index (κ3) is 4.33. The predicted octanol–water partition coefficient (Wildman–Crippen LogP) is 1.02. The molecule has 1 atom stereocenters. The van der Waals surface area contributed by atoms with Crippen LogP contribution < -0.4 is 5.32 Å². The van der Waals surface area contributed by atoms with E-state index in [2.05, 4.69) is 5.32 Å². The Morgan fingerprint density at radius 2 is 1.86 bits per heavy atom.